The van der Waals surface area contributed by atoms with Crippen LogP contribution in [0.5, 0.6) is 0 Å². The molecule has 0 amide bonds. The van der Waals surface area contributed by atoms with Gasteiger partial charge in [-0.1, -0.05) is 13.8 Å². The molecule has 3 nitrogen and oxygen atoms in total. The van der Waals surface area contributed by atoms with Crippen molar-refractivity contribution in [3.63, 3.8) is 0 Å². The summed E-state index contributed by atoms with van der Waals surface area (Å²) >= 11 is 1.93. The minimum Gasteiger partial charge on any atom is -0.303 e. The SMILES string of the molecule is CCc1nc(C2(NC3CC3)CCN(CC)CC2)sc1C. The molecular formula is C16H27N3S. The average Bonchev–Trinajstić information content (AvgIpc) is 3.19. The molecule has 4 heteroatoms. The van der Waals surface area contributed by atoms with Crippen molar-refractivity contribution in [1.82, 2.24) is 15.2 Å². The maximum Gasteiger partial charge on any atom is 0.113 e. The van der Waals surface area contributed by atoms with Gasteiger partial charge in [0.15, 0.2) is 0 Å². The fraction of sp³-hybridized carbons (Fsp3) is 0.812. The van der Waals surface area contributed by atoms with Crippen molar-refractivity contribution in [3.05, 3.63) is 15.6 Å². The fourth-order valence-corrected chi connectivity index (χ4v) is 4.46. The highest BCUT2D eigenvalue weighted by Crippen LogP contribution is 2.39. The van der Waals surface area contributed by atoms with E-state index in [2.05, 4.69) is 31.0 Å². The van der Waals surface area contributed by atoms with Crippen LogP contribution in [0, 0.1) is 6.92 Å². The summed E-state index contributed by atoms with van der Waals surface area (Å²) in [7, 11) is 0. The number of aromatic nitrogens is 1. The lowest BCUT2D eigenvalue weighted by molar-refractivity contribution is 0.137. The number of rotatable bonds is 5. The van der Waals surface area contributed by atoms with Gasteiger partial charge in [-0.05, 0) is 45.6 Å². The van der Waals surface area contributed by atoms with Gasteiger partial charge < -0.3 is 10.2 Å². The molecule has 112 valence electrons. The first-order valence-corrected chi connectivity index (χ1v) is 8.95. The predicted octanol–water partition coefficient (Wildman–Crippen LogP) is 3.08. The molecule has 2 fully saturated rings. The molecule has 1 aromatic heterocycles. The van der Waals surface area contributed by atoms with Crippen LogP contribution in [-0.2, 0) is 12.0 Å². The Morgan fingerprint density at radius 3 is 2.50 bits per heavy atom. The van der Waals surface area contributed by atoms with Crippen LogP contribution < -0.4 is 5.32 Å². The van der Waals surface area contributed by atoms with Crippen molar-refractivity contribution < 1.29 is 0 Å². The molecule has 1 aliphatic heterocycles. The number of likely N-dealkylation sites (tertiary alicyclic amines) is 1. The normalized spacial score (nSPS) is 23.1. The Kier molecular flexibility index (Phi) is 4.16. The molecule has 0 atom stereocenters. The number of nitrogens with zero attached hydrogens (tertiary/aromatic N) is 2. The predicted molar refractivity (Wildman–Crippen MR) is 85.4 cm³/mol. The third-order valence-corrected chi connectivity index (χ3v) is 6.07. The topological polar surface area (TPSA) is 28.2 Å². The minimum absolute atomic E-state index is 0.162. The Labute approximate surface area is 126 Å². The Morgan fingerprint density at radius 1 is 1.30 bits per heavy atom. The van der Waals surface area contributed by atoms with Gasteiger partial charge in [-0.2, -0.15) is 0 Å². The number of hydrogen-bond donors (Lipinski definition) is 1. The highest BCUT2D eigenvalue weighted by molar-refractivity contribution is 7.11. The van der Waals surface area contributed by atoms with E-state index >= 15 is 0 Å². The second kappa shape index (κ2) is 5.74. The average molecular weight is 293 g/mol. The highest BCUT2D eigenvalue weighted by atomic mass is 32.1. The van der Waals surface area contributed by atoms with Crippen molar-refractivity contribution in [1.29, 1.82) is 0 Å². The molecular weight excluding hydrogens is 266 g/mol. The Bertz CT molecular complexity index is 456. The summed E-state index contributed by atoms with van der Waals surface area (Å²) < 4.78 is 0. The first-order valence-electron chi connectivity index (χ1n) is 8.13. The lowest BCUT2D eigenvalue weighted by Gasteiger charge is -2.41. The van der Waals surface area contributed by atoms with E-state index in [0.29, 0.717) is 0 Å². The molecule has 3 rings (SSSR count). The minimum atomic E-state index is 0.162. The number of thiazole rings is 1. The quantitative estimate of drug-likeness (QED) is 0.904. The first kappa shape index (κ1) is 14.5. The van der Waals surface area contributed by atoms with Gasteiger partial charge in [0.05, 0.1) is 11.2 Å². The molecule has 20 heavy (non-hydrogen) atoms. The van der Waals surface area contributed by atoms with Crippen LogP contribution in [0.15, 0.2) is 0 Å². The molecule has 0 bridgehead atoms. The van der Waals surface area contributed by atoms with E-state index in [4.69, 9.17) is 4.98 Å². The molecule has 0 aromatic carbocycles. The maximum absolute atomic E-state index is 4.99. The maximum atomic E-state index is 4.99. The molecule has 1 N–H and O–H groups in total. The summed E-state index contributed by atoms with van der Waals surface area (Å²) in [4.78, 5) is 8.97. The molecule has 1 aliphatic carbocycles. The van der Waals surface area contributed by atoms with Crippen LogP contribution >= 0.6 is 11.3 Å². The van der Waals surface area contributed by atoms with Crippen molar-refractivity contribution in [2.24, 2.45) is 0 Å². The summed E-state index contributed by atoms with van der Waals surface area (Å²) in [5, 5.41) is 5.31. The monoisotopic (exact) mass is 293 g/mol. The lowest BCUT2D eigenvalue weighted by atomic mass is 9.87. The standard InChI is InChI=1S/C16H27N3S/c1-4-14-12(3)20-15(17-14)16(18-13-6-7-13)8-10-19(5-2)11-9-16/h13,18H,4-11H2,1-3H3. The van der Waals surface area contributed by atoms with E-state index in [-0.39, 0.29) is 5.54 Å². The molecule has 1 aromatic rings. The summed E-state index contributed by atoms with van der Waals surface area (Å²) in [6.07, 6.45) is 6.19. The van der Waals surface area contributed by atoms with Crippen LogP contribution in [0.3, 0.4) is 0 Å². The molecule has 0 unspecified atom stereocenters. The summed E-state index contributed by atoms with van der Waals surface area (Å²) in [5.74, 6) is 0. The third-order valence-electron chi connectivity index (χ3n) is 4.85. The molecule has 1 saturated carbocycles. The zero-order chi connectivity index (χ0) is 14.2. The molecule has 0 radical (unpaired) electrons. The summed E-state index contributed by atoms with van der Waals surface area (Å²) in [5.41, 5.74) is 1.47. The van der Waals surface area contributed by atoms with E-state index in [1.807, 2.05) is 11.3 Å². The van der Waals surface area contributed by atoms with Gasteiger partial charge >= 0.3 is 0 Å². The van der Waals surface area contributed by atoms with Crippen LogP contribution in [0.4, 0.5) is 0 Å². The van der Waals surface area contributed by atoms with Crippen molar-refractivity contribution in [2.75, 3.05) is 19.6 Å². The second-order valence-electron chi connectivity index (χ2n) is 6.31. The smallest absolute Gasteiger partial charge is 0.113 e. The number of nitrogens with one attached hydrogen (secondary N) is 1. The molecule has 0 spiro atoms. The number of hydrogen-bond acceptors (Lipinski definition) is 4. The highest BCUT2D eigenvalue weighted by Gasteiger charge is 2.42. The van der Waals surface area contributed by atoms with Gasteiger partial charge in [0, 0.05) is 24.0 Å². The van der Waals surface area contributed by atoms with E-state index in [0.717, 1.165) is 12.5 Å². The molecule has 2 heterocycles. The number of aryl methyl sites for hydroxylation is 2. The third kappa shape index (κ3) is 2.78. The summed E-state index contributed by atoms with van der Waals surface area (Å²) in [6.45, 7) is 10.3. The van der Waals surface area contributed by atoms with Crippen molar-refractivity contribution in [2.45, 2.75) is 64.5 Å². The van der Waals surface area contributed by atoms with Crippen LogP contribution in [0.25, 0.3) is 0 Å². The van der Waals surface area contributed by atoms with Crippen LogP contribution in [-0.4, -0.2) is 35.6 Å². The largest absolute Gasteiger partial charge is 0.303 e. The second-order valence-corrected chi connectivity index (χ2v) is 7.51. The van der Waals surface area contributed by atoms with Gasteiger partial charge in [-0.3, -0.25) is 0 Å². The molecule has 1 saturated heterocycles. The zero-order valence-corrected chi connectivity index (χ0v) is 13.9. The zero-order valence-electron chi connectivity index (χ0n) is 13.0. The first-order chi connectivity index (χ1) is 9.66. The fourth-order valence-electron chi connectivity index (χ4n) is 3.25. The lowest BCUT2D eigenvalue weighted by Crippen LogP contribution is -2.51. The van der Waals surface area contributed by atoms with Gasteiger partial charge in [0.2, 0.25) is 0 Å². The Balaban J connectivity index is 1.84. The Morgan fingerprint density at radius 2 is 2.00 bits per heavy atom. The van der Waals surface area contributed by atoms with Crippen molar-refractivity contribution in [3.8, 4) is 0 Å². The Hall–Kier alpha value is -0.450. The van der Waals surface area contributed by atoms with E-state index in [1.165, 1.54) is 60.9 Å². The van der Waals surface area contributed by atoms with Gasteiger partial charge in [0.25, 0.3) is 0 Å². The van der Waals surface area contributed by atoms with E-state index in [1.54, 1.807) is 0 Å². The van der Waals surface area contributed by atoms with Gasteiger partial charge in [0.1, 0.15) is 5.01 Å². The van der Waals surface area contributed by atoms with Crippen molar-refractivity contribution >= 4 is 11.3 Å². The van der Waals surface area contributed by atoms with Gasteiger partial charge in [-0.15, -0.1) is 11.3 Å². The number of piperidine rings is 1. The van der Waals surface area contributed by atoms with Crippen LogP contribution in [0.1, 0.15) is 55.1 Å². The van der Waals surface area contributed by atoms with E-state index < -0.39 is 0 Å². The van der Waals surface area contributed by atoms with Crippen LogP contribution in [0.2, 0.25) is 0 Å². The molecule has 2 aliphatic rings. The summed E-state index contributed by atoms with van der Waals surface area (Å²) in [6, 6.07) is 0.748. The van der Waals surface area contributed by atoms with Gasteiger partial charge in [-0.25, -0.2) is 4.98 Å². The van der Waals surface area contributed by atoms with E-state index in [9.17, 15) is 0 Å².